The molecule has 0 atom stereocenters. The fourth-order valence-corrected chi connectivity index (χ4v) is 4.79. The van der Waals surface area contributed by atoms with E-state index in [9.17, 15) is 13.2 Å². The van der Waals surface area contributed by atoms with Crippen LogP contribution in [0.5, 0.6) is 0 Å². The van der Waals surface area contributed by atoms with Gasteiger partial charge in [0.1, 0.15) is 10.6 Å². The Hall–Kier alpha value is -2.04. The van der Waals surface area contributed by atoms with Gasteiger partial charge in [0, 0.05) is 36.6 Å². The number of nitrogen functional groups attached to an aromatic ring is 2. The normalized spacial score (nSPS) is 12.0. The zero-order valence-corrected chi connectivity index (χ0v) is 16.0. The van der Waals surface area contributed by atoms with Crippen LogP contribution in [0.2, 0.25) is 0 Å². The van der Waals surface area contributed by atoms with Crippen molar-refractivity contribution in [2.75, 3.05) is 30.9 Å². The lowest BCUT2D eigenvalue weighted by Crippen LogP contribution is -2.07. The molecule has 3 aromatic rings. The van der Waals surface area contributed by atoms with Crippen LogP contribution in [0.3, 0.4) is 0 Å². The number of hydrogen-bond donors (Lipinski definition) is 2. The molecule has 0 bridgehead atoms. The molecule has 27 heavy (non-hydrogen) atoms. The summed E-state index contributed by atoms with van der Waals surface area (Å²) in [5.41, 5.74) is 11.6. The highest BCUT2D eigenvalue weighted by atomic mass is 32.2. The predicted molar refractivity (Wildman–Crippen MR) is 104 cm³/mol. The summed E-state index contributed by atoms with van der Waals surface area (Å²) < 4.78 is 46.7. The summed E-state index contributed by atoms with van der Waals surface area (Å²) in [6.45, 7) is 0.581. The summed E-state index contributed by atoms with van der Waals surface area (Å²) in [6, 6.07) is 4.13. The van der Waals surface area contributed by atoms with Gasteiger partial charge in [0.15, 0.2) is 0 Å². The lowest BCUT2D eigenvalue weighted by atomic mass is 10.1. The maximum absolute atomic E-state index is 13.7. The molecule has 0 aliphatic carbocycles. The zero-order valence-electron chi connectivity index (χ0n) is 14.3. The van der Waals surface area contributed by atoms with Gasteiger partial charge >= 0.3 is 6.18 Å². The van der Waals surface area contributed by atoms with E-state index in [-0.39, 0.29) is 27.4 Å². The Morgan fingerprint density at radius 3 is 2.67 bits per heavy atom. The maximum atomic E-state index is 13.7. The second-order valence-corrected chi connectivity index (χ2v) is 8.07. The Balaban J connectivity index is 2.09. The number of hydrogen-bond acceptors (Lipinski definition) is 7. The van der Waals surface area contributed by atoms with Crippen molar-refractivity contribution in [1.29, 1.82) is 0 Å². The quantitative estimate of drug-likeness (QED) is 0.450. The molecule has 0 fully saturated rings. The van der Waals surface area contributed by atoms with Crippen molar-refractivity contribution in [2.24, 2.45) is 0 Å². The molecule has 0 spiro atoms. The highest BCUT2D eigenvalue weighted by Gasteiger charge is 2.35. The number of pyridine rings is 2. The SMILES string of the molecule is COCCCSc1sc2nc(-c3ccc(N)nc3)cc(C(F)(F)F)c2c1N. The van der Waals surface area contributed by atoms with Crippen LogP contribution >= 0.6 is 23.1 Å². The second-order valence-electron chi connectivity index (χ2n) is 5.70. The third-order valence-corrected chi connectivity index (χ3v) is 6.25. The minimum Gasteiger partial charge on any atom is -0.397 e. The van der Waals surface area contributed by atoms with Gasteiger partial charge in [0.25, 0.3) is 0 Å². The number of thioether (sulfide) groups is 1. The Morgan fingerprint density at radius 2 is 2.04 bits per heavy atom. The molecular formula is C17H17F3N4OS2. The molecule has 0 saturated heterocycles. The molecule has 4 N–H and O–H groups in total. The molecule has 0 amide bonds. The van der Waals surface area contributed by atoms with Crippen LogP contribution in [0.15, 0.2) is 28.6 Å². The van der Waals surface area contributed by atoms with Gasteiger partial charge < -0.3 is 16.2 Å². The first-order valence-electron chi connectivity index (χ1n) is 7.95. The van der Waals surface area contributed by atoms with Crippen molar-refractivity contribution >= 4 is 44.8 Å². The molecule has 0 aromatic carbocycles. The van der Waals surface area contributed by atoms with E-state index in [0.717, 1.165) is 12.5 Å². The first-order chi connectivity index (χ1) is 12.8. The Bertz CT molecular complexity index is 942. The van der Waals surface area contributed by atoms with Crippen LogP contribution < -0.4 is 11.5 Å². The van der Waals surface area contributed by atoms with Crippen molar-refractivity contribution in [3.8, 4) is 11.3 Å². The molecule has 0 aliphatic rings. The number of ether oxygens (including phenoxy) is 1. The lowest BCUT2D eigenvalue weighted by molar-refractivity contribution is -0.136. The van der Waals surface area contributed by atoms with Gasteiger partial charge in [-0.15, -0.1) is 23.1 Å². The van der Waals surface area contributed by atoms with Crippen molar-refractivity contribution in [3.05, 3.63) is 30.0 Å². The van der Waals surface area contributed by atoms with Crippen molar-refractivity contribution < 1.29 is 17.9 Å². The third kappa shape index (κ3) is 4.28. The molecule has 0 aliphatic heterocycles. The van der Waals surface area contributed by atoms with Gasteiger partial charge in [-0.2, -0.15) is 13.2 Å². The average molecular weight is 414 g/mol. The van der Waals surface area contributed by atoms with Gasteiger partial charge in [0.05, 0.1) is 21.2 Å². The number of nitrogens with two attached hydrogens (primary N) is 2. The Morgan fingerprint density at radius 1 is 1.26 bits per heavy atom. The molecule has 5 nitrogen and oxygen atoms in total. The standard InChI is InChI=1S/C17H17F3N4OS2/c1-25-5-2-6-26-16-14(22)13-10(17(18,19)20)7-11(24-15(13)27-16)9-3-4-12(21)23-8-9/h3-4,7-8H,2,5-6,22H2,1H3,(H2,21,23). The van der Waals surface area contributed by atoms with Crippen molar-refractivity contribution in [1.82, 2.24) is 9.97 Å². The summed E-state index contributed by atoms with van der Waals surface area (Å²) in [4.78, 5) is 8.58. The highest BCUT2D eigenvalue weighted by molar-refractivity contribution is 8.01. The number of rotatable bonds is 6. The fraction of sp³-hybridized carbons (Fsp3) is 0.294. The number of anilines is 2. The van der Waals surface area contributed by atoms with Crippen LogP contribution in [-0.4, -0.2) is 29.4 Å². The summed E-state index contributed by atoms with van der Waals surface area (Å²) >= 11 is 2.58. The van der Waals surface area contributed by atoms with E-state index in [1.807, 2.05) is 0 Å². The molecule has 3 rings (SSSR count). The van der Waals surface area contributed by atoms with E-state index in [0.29, 0.717) is 22.1 Å². The van der Waals surface area contributed by atoms with Crippen LogP contribution in [-0.2, 0) is 10.9 Å². The minimum atomic E-state index is -4.55. The molecule has 10 heteroatoms. The van der Waals surface area contributed by atoms with Gasteiger partial charge in [0.2, 0.25) is 0 Å². The van der Waals surface area contributed by atoms with Gasteiger partial charge in [-0.3, -0.25) is 0 Å². The van der Waals surface area contributed by atoms with E-state index in [1.165, 1.54) is 35.4 Å². The summed E-state index contributed by atoms with van der Waals surface area (Å²) in [7, 11) is 1.60. The monoisotopic (exact) mass is 414 g/mol. The number of thiophene rings is 1. The molecular weight excluding hydrogens is 397 g/mol. The van der Waals surface area contributed by atoms with Crippen LogP contribution in [0, 0.1) is 0 Å². The first-order valence-corrected chi connectivity index (χ1v) is 9.75. The molecule has 0 saturated carbocycles. The van der Waals surface area contributed by atoms with E-state index >= 15 is 0 Å². The largest absolute Gasteiger partial charge is 0.417 e. The van der Waals surface area contributed by atoms with Crippen LogP contribution in [0.25, 0.3) is 21.5 Å². The van der Waals surface area contributed by atoms with E-state index in [2.05, 4.69) is 9.97 Å². The highest BCUT2D eigenvalue weighted by Crippen LogP contribution is 2.46. The van der Waals surface area contributed by atoms with E-state index in [4.69, 9.17) is 16.2 Å². The summed E-state index contributed by atoms with van der Waals surface area (Å²) in [5, 5.41) is -0.0473. The Labute approximate surface area is 161 Å². The Kier molecular flexibility index (Phi) is 5.78. The molecule has 0 radical (unpaired) electrons. The lowest BCUT2D eigenvalue weighted by Gasteiger charge is -2.11. The number of fused-ring (bicyclic) bond motifs is 1. The maximum Gasteiger partial charge on any atom is 0.417 e. The van der Waals surface area contributed by atoms with E-state index in [1.54, 1.807) is 13.2 Å². The second kappa shape index (κ2) is 7.91. The molecule has 144 valence electrons. The van der Waals surface area contributed by atoms with Gasteiger partial charge in [-0.25, -0.2) is 9.97 Å². The molecule has 0 unspecified atom stereocenters. The predicted octanol–water partition coefficient (Wildman–Crippen LogP) is 4.67. The smallest absolute Gasteiger partial charge is 0.397 e. The first kappa shape index (κ1) is 19.7. The number of nitrogens with zero attached hydrogens (tertiary/aromatic N) is 2. The third-order valence-electron chi connectivity index (χ3n) is 3.78. The topological polar surface area (TPSA) is 87.0 Å². The van der Waals surface area contributed by atoms with Crippen LogP contribution in [0.1, 0.15) is 12.0 Å². The number of aromatic nitrogens is 2. The molecule has 3 heterocycles. The summed E-state index contributed by atoms with van der Waals surface area (Å²) in [5.74, 6) is 0.979. The van der Waals surface area contributed by atoms with Crippen molar-refractivity contribution in [2.45, 2.75) is 16.8 Å². The fourth-order valence-electron chi connectivity index (χ4n) is 2.50. The van der Waals surface area contributed by atoms with E-state index < -0.39 is 11.7 Å². The van der Waals surface area contributed by atoms with Gasteiger partial charge in [-0.1, -0.05) is 0 Å². The van der Waals surface area contributed by atoms with Gasteiger partial charge in [-0.05, 0) is 24.6 Å². The van der Waals surface area contributed by atoms with Crippen molar-refractivity contribution in [3.63, 3.8) is 0 Å². The number of alkyl halides is 3. The summed E-state index contributed by atoms with van der Waals surface area (Å²) in [6.07, 6.45) is -2.37. The minimum absolute atomic E-state index is 0.0473. The molecule has 3 aromatic heterocycles. The number of methoxy groups -OCH3 is 1. The zero-order chi connectivity index (χ0) is 19.6. The number of halogens is 3. The van der Waals surface area contributed by atoms with Crippen LogP contribution in [0.4, 0.5) is 24.7 Å². The average Bonchev–Trinajstić information content (AvgIpc) is 2.94.